The van der Waals surface area contributed by atoms with Gasteiger partial charge in [0.15, 0.2) is 17.6 Å². The van der Waals surface area contributed by atoms with Crippen molar-refractivity contribution in [1.82, 2.24) is 0 Å². The minimum Gasteiger partial charge on any atom is -0.493 e. The Morgan fingerprint density at radius 2 is 1.73 bits per heavy atom. The van der Waals surface area contributed by atoms with Crippen molar-refractivity contribution in [1.29, 1.82) is 0 Å². The van der Waals surface area contributed by atoms with Gasteiger partial charge in [-0.3, -0.25) is 4.79 Å². The Kier molecular flexibility index (Phi) is 6.00. The zero-order chi connectivity index (χ0) is 18.4. The van der Waals surface area contributed by atoms with E-state index in [0.29, 0.717) is 17.9 Å². The van der Waals surface area contributed by atoms with Crippen LogP contribution in [0.2, 0.25) is 0 Å². The van der Waals surface area contributed by atoms with Crippen LogP contribution in [-0.2, 0) is 4.79 Å². The van der Waals surface area contributed by atoms with E-state index < -0.39 is 6.10 Å². The normalized spacial score (nSPS) is 14.8. The van der Waals surface area contributed by atoms with Gasteiger partial charge in [-0.25, -0.2) is 0 Å². The molecule has 1 atom stereocenters. The molecular weight excluding hydrogens is 328 g/mol. The maximum atomic E-state index is 12.6. The molecule has 0 bridgehead atoms. The highest BCUT2D eigenvalue weighted by Gasteiger charge is 2.20. The second-order valence-corrected chi connectivity index (χ2v) is 6.40. The molecule has 26 heavy (non-hydrogen) atoms. The van der Waals surface area contributed by atoms with Gasteiger partial charge in [0.05, 0.1) is 7.11 Å². The van der Waals surface area contributed by atoms with Crippen LogP contribution in [0.1, 0.15) is 26.2 Å². The number of benzene rings is 2. The third kappa shape index (κ3) is 4.28. The third-order valence-corrected chi connectivity index (χ3v) is 4.61. The summed E-state index contributed by atoms with van der Waals surface area (Å²) in [5.74, 6) is 1.03. The van der Waals surface area contributed by atoms with Crippen LogP contribution in [0.4, 0.5) is 11.4 Å². The first-order valence-electron chi connectivity index (χ1n) is 9.17. The summed E-state index contributed by atoms with van der Waals surface area (Å²) < 4.78 is 11.2. The van der Waals surface area contributed by atoms with Crippen LogP contribution in [0, 0.1) is 0 Å². The summed E-state index contributed by atoms with van der Waals surface area (Å²) in [7, 11) is 1.59. The van der Waals surface area contributed by atoms with E-state index in [9.17, 15) is 4.79 Å². The fourth-order valence-electron chi connectivity index (χ4n) is 3.15. The van der Waals surface area contributed by atoms with Crippen LogP contribution in [0.5, 0.6) is 11.5 Å². The maximum absolute atomic E-state index is 12.6. The molecule has 3 rings (SSSR count). The smallest absolute Gasteiger partial charge is 0.265 e. The summed E-state index contributed by atoms with van der Waals surface area (Å²) in [6, 6.07) is 15.4. The molecule has 1 aliphatic rings. The Bertz CT molecular complexity index is 724. The van der Waals surface area contributed by atoms with Gasteiger partial charge in [0, 0.05) is 24.5 Å². The van der Waals surface area contributed by atoms with E-state index in [1.165, 1.54) is 18.5 Å². The third-order valence-electron chi connectivity index (χ3n) is 4.61. The molecular formula is C21H26N2O3. The number of hydrogen-bond acceptors (Lipinski definition) is 4. The molecule has 1 unspecified atom stereocenters. The Labute approximate surface area is 154 Å². The quantitative estimate of drug-likeness (QED) is 0.814. The van der Waals surface area contributed by atoms with Crippen LogP contribution < -0.4 is 19.7 Å². The lowest BCUT2D eigenvalue weighted by Gasteiger charge is -2.20. The van der Waals surface area contributed by atoms with E-state index in [1.54, 1.807) is 13.2 Å². The fraction of sp³-hybridized carbons (Fsp3) is 0.381. The van der Waals surface area contributed by atoms with Gasteiger partial charge >= 0.3 is 0 Å². The molecule has 2 aromatic carbocycles. The SMILES string of the molecule is CCC(Oc1ccccc1OC)C(=O)Nc1ccc(N2CCCC2)cc1. The van der Waals surface area contributed by atoms with Crippen molar-refractivity contribution >= 4 is 17.3 Å². The number of nitrogens with zero attached hydrogens (tertiary/aromatic N) is 1. The van der Waals surface area contributed by atoms with Gasteiger partial charge in [-0.05, 0) is 55.7 Å². The molecule has 0 radical (unpaired) electrons. The van der Waals surface area contributed by atoms with Gasteiger partial charge < -0.3 is 19.7 Å². The van der Waals surface area contributed by atoms with E-state index in [0.717, 1.165) is 18.8 Å². The van der Waals surface area contributed by atoms with Gasteiger partial charge in [0.2, 0.25) is 0 Å². The molecule has 1 aliphatic heterocycles. The van der Waals surface area contributed by atoms with Gasteiger partial charge in [0.25, 0.3) is 5.91 Å². The average molecular weight is 354 g/mol. The van der Waals surface area contributed by atoms with Crippen molar-refractivity contribution < 1.29 is 14.3 Å². The molecule has 1 heterocycles. The molecule has 5 nitrogen and oxygen atoms in total. The number of carbonyl (C=O) groups excluding carboxylic acids is 1. The lowest BCUT2D eigenvalue weighted by Crippen LogP contribution is -2.32. The standard InChI is InChI=1S/C21H26N2O3/c1-3-18(26-20-9-5-4-8-19(20)25-2)21(24)22-16-10-12-17(13-11-16)23-14-6-7-15-23/h4-5,8-13,18H,3,6-7,14-15H2,1-2H3,(H,22,24). The van der Waals surface area contributed by atoms with E-state index >= 15 is 0 Å². The number of para-hydroxylation sites is 2. The summed E-state index contributed by atoms with van der Waals surface area (Å²) in [6.45, 7) is 4.14. The Balaban J connectivity index is 1.63. The van der Waals surface area contributed by atoms with Gasteiger partial charge in [-0.1, -0.05) is 19.1 Å². The second-order valence-electron chi connectivity index (χ2n) is 6.40. The number of hydrogen-bond donors (Lipinski definition) is 1. The number of anilines is 2. The van der Waals surface area contributed by atoms with Gasteiger partial charge in [-0.2, -0.15) is 0 Å². The van der Waals surface area contributed by atoms with Crippen molar-refractivity contribution in [2.75, 3.05) is 30.4 Å². The predicted molar refractivity (Wildman–Crippen MR) is 104 cm³/mol. The first-order valence-corrected chi connectivity index (χ1v) is 9.17. The number of methoxy groups -OCH3 is 1. The molecule has 1 saturated heterocycles. The van der Waals surface area contributed by atoms with Crippen molar-refractivity contribution in [3.8, 4) is 11.5 Å². The average Bonchev–Trinajstić information content (AvgIpc) is 3.21. The highest BCUT2D eigenvalue weighted by Crippen LogP contribution is 2.28. The van der Waals surface area contributed by atoms with Gasteiger partial charge in [-0.15, -0.1) is 0 Å². The number of amides is 1. The topological polar surface area (TPSA) is 50.8 Å². The van der Waals surface area contributed by atoms with Gasteiger partial charge in [0.1, 0.15) is 0 Å². The summed E-state index contributed by atoms with van der Waals surface area (Å²) in [5, 5.41) is 2.95. The first kappa shape index (κ1) is 18.1. The monoisotopic (exact) mass is 354 g/mol. The minimum atomic E-state index is -0.579. The molecule has 1 N–H and O–H groups in total. The summed E-state index contributed by atoms with van der Waals surface area (Å²) in [6.07, 6.45) is 2.48. The van der Waals surface area contributed by atoms with Crippen LogP contribution in [0.3, 0.4) is 0 Å². The molecule has 0 aliphatic carbocycles. The molecule has 0 saturated carbocycles. The highest BCUT2D eigenvalue weighted by molar-refractivity contribution is 5.94. The van der Waals surface area contributed by atoms with Crippen LogP contribution >= 0.6 is 0 Å². The van der Waals surface area contributed by atoms with E-state index in [4.69, 9.17) is 9.47 Å². The Morgan fingerprint density at radius 1 is 1.08 bits per heavy atom. The summed E-state index contributed by atoms with van der Waals surface area (Å²) in [4.78, 5) is 15.0. The Hall–Kier alpha value is -2.69. The minimum absolute atomic E-state index is 0.160. The second kappa shape index (κ2) is 8.61. The number of carbonyl (C=O) groups is 1. The van der Waals surface area contributed by atoms with Crippen molar-refractivity contribution in [3.05, 3.63) is 48.5 Å². The zero-order valence-electron chi connectivity index (χ0n) is 15.4. The molecule has 1 amide bonds. The van der Waals surface area contributed by atoms with E-state index in [-0.39, 0.29) is 5.91 Å². The first-order chi connectivity index (χ1) is 12.7. The summed E-state index contributed by atoms with van der Waals surface area (Å²) in [5.41, 5.74) is 1.98. The highest BCUT2D eigenvalue weighted by atomic mass is 16.5. The van der Waals surface area contributed by atoms with Crippen LogP contribution in [-0.4, -0.2) is 32.2 Å². The van der Waals surface area contributed by atoms with Crippen molar-refractivity contribution in [3.63, 3.8) is 0 Å². The fourth-order valence-corrected chi connectivity index (χ4v) is 3.15. The lowest BCUT2D eigenvalue weighted by molar-refractivity contribution is -0.122. The predicted octanol–water partition coefficient (Wildman–Crippen LogP) is 4.09. The molecule has 1 fully saturated rings. The van der Waals surface area contributed by atoms with Crippen LogP contribution in [0.15, 0.2) is 48.5 Å². The van der Waals surface area contributed by atoms with E-state index in [2.05, 4.69) is 22.3 Å². The molecule has 5 heteroatoms. The maximum Gasteiger partial charge on any atom is 0.265 e. The van der Waals surface area contributed by atoms with E-state index in [1.807, 2.05) is 37.3 Å². The Morgan fingerprint density at radius 3 is 2.35 bits per heavy atom. The van der Waals surface area contributed by atoms with Crippen molar-refractivity contribution in [2.45, 2.75) is 32.3 Å². The summed E-state index contributed by atoms with van der Waals surface area (Å²) >= 11 is 0. The largest absolute Gasteiger partial charge is 0.493 e. The molecule has 0 aromatic heterocycles. The lowest BCUT2D eigenvalue weighted by atomic mass is 10.2. The molecule has 0 spiro atoms. The number of rotatable bonds is 7. The molecule has 138 valence electrons. The van der Waals surface area contributed by atoms with Crippen LogP contribution in [0.25, 0.3) is 0 Å². The number of nitrogens with one attached hydrogen (secondary N) is 1. The number of ether oxygens (including phenoxy) is 2. The van der Waals surface area contributed by atoms with Crippen molar-refractivity contribution in [2.24, 2.45) is 0 Å². The zero-order valence-corrected chi connectivity index (χ0v) is 15.4. The molecule has 2 aromatic rings.